The average molecular weight is 338 g/mol. The zero-order valence-corrected chi connectivity index (χ0v) is 14.1. The lowest BCUT2D eigenvalue weighted by molar-refractivity contribution is -0.131. The molecule has 134 valence electrons. The van der Waals surface area contributed by atoms with E-state index in [1.807, 2.05) is 9.58 Å². The highest BCUT2D eigenvalue weighted by Gasteiger charge is 2.17. The van der Waals surface area contributed by atoms with Crippen LogP contribution in [0.15, 0.2) is 0 Å². The minimum atomic E-state index is 0.198. The van der Waals surface area contributed by atoms with Gasteiger partial charge in [0.05, 0.1) is 26.4 Å². The summed E-state index contributed by atoms with van der Waals surface area (Å²) in [6.45, 7) is 7.62. The summed E-state index contributed by atoms with van der Waals surface area (Å²) in [5.74, 6) is 1.05. The van der Waals surface area contributed by atoms with Crippen LogP contribution < -0.4 is 0 Å². The van der Waals surface area contributed by atoms with Crippen LogP contribution in [0.1, 0.15) is 25.1 Å². The summed E-state index contributed by atoms with van der Waals surface area (Å²) < 4.78 is 12.6. The molecule has 24 heavy (non-hydrogen) atoms. The number of hydrogen-bond donors (Lipinski definition) is 0. The van der Waals surface area contributed by atoms with Crippen LogP contribution in [0.5, 0.6) is 0 Å². The van der Waals surface area contributed by atoms with Crippen molar-refractivity contribution in [2.45, 2.75) is 32.4 Å². The first kappa shape index (κ1) is 17.2. The van der Waals surface area contributed by atoms with Crippen molar-refractivity contribution in [1.29, 1.82) is 0 Å². The Morgan fingerprint density at radius 2 is 1.83 bits per heavy atom. The largest absolute Gasteiger partial charge is 0.380 e. The third-order valence-electron chi connectivity index (χ3n) is 4.41. The third-order valence-corrected chi connectivity index (χ3v) is 4.41. The molecule has 3 heterocycles. The Bertz CT molecular complexity index is 509. The van der Waals surface area contributed by atoms with Gasteiger partial charge in [-0.05, 0) is 23.3 Å². The minimum Gasteiger partial charge on any atom is -0.380 e. The van der Waals surface area contributed by atoms with Crippen molar-refractivity contribution in [3.05, 3.63) is 5.82 Å². The van der Waals surface area contributed by atoms with Gasteiger partial charge in [-0.15, -0.1) is 5.10 Å². The summed E-state index contributed by atoms with van der Waals surface area (Å²) in [7, 11) is 0. The van der Waals surface area contributed by atoms with Gasteiger partial charge in [0, 0.05) is 45.8 Å². The van der Waals surface area contributed by atoms with Crippen molar-refractivity contribution < 1.29 is 14.3 Å². The highest BCUT2D eigenvalue weighted by Crippen LogP contribution is 2.07. The van der Waals surface area contributed by atoms with Gasteiger partial charge in [0.15, 0.2) is 5.82 Å². The molecule has 3 rings (SSSR count). The van der Waals surface area contributed by atoms with Crippen LogP contribution in [0, 0.1) is 0 Å². The SMILES string of the molecule is O=C(CCCn1nnnc1CN1CCOCC1)N1CCCOCC1. The van der Waals surface area contributed by atoms with Gasteiger partial charge in [0.25, 0.3) is 0 Å². The standard InChI is InChI=1S/C15H26N6O3/c22-15(20-4-2-9-23-12-8-20)3-1-5-21-14(16-17-18-21)13-19-6-10-24-11-7-19/h1-13H2. The lowest BCUT2D eigenvalue weighted by Gasteiger charge is -2.25. The summed E-state index contributed by atoms with van der Waals surface area (Å²) >= 11 is 0. The van der Waals surface area contributed by atoms with Crippen molar-refractivity contribution >= 4 is 5.91 Å². The Balaban J connectivity index is 1.43. The van der Waals surface area contributed by atoms with E-state index in [0.717, 1.165) is 64.7 Å². The molecule has 9 heteroatoms. The van der Waals surface area contributed by atoms with E-state index in [2.05, 4.69) is 20.4 Å². The van der Waals surface area contributed by atoms with Crippen LogP contribution in [0.2, 0.25) is 0 Å². The predicted octanol–water partition coefficient (Wildman–Crippen LogP) is -0.466. The number of morpholine rings is 1. The fraction of sp³-hybridized carbons (Fsp3) is 0.867. The van der Waals surface area contributed by atoms with E-state index in [-0.39, 0.29) is 5.91 Å². The lowest BCUT2D eigenvalue weighted by Crippen LogP contribution is -2.36. The first-order valence-corrected chi connectivity index (χ1v) is 8.73. The van der Waals surface area contributed by atoms with E-state index in [4.69, 9.17) is 9.47 Å². The fourth-order valence-electron chi connectivity index (χ4n) is 3.00. The van der Waals surface area contributed by atoms with Crippen LogP contribution in [0.25, 0.3) is 0 Å². The molecule has 9 nitrogen and oxygen atoms in total. The van der Waals surface area contributed by atoms with Crippen LogP contribution in [0.4, 0.5) is 0 Å². The summed E-state index contributed by atoms with van der Waals surface area (Å²) in [5.41, 5.74) is 0. The average Bonchev–Trinajstić information content (AvgIpc) is 2.86. The monoisotopic (exact) mass is 338 g/mol. The zero-order chi connectivity index (χ0) is 16.6. The number of hydrogen-bond acceptors (Lipinski definition) is 7. The predicted molar refractivity (Wildman–Crippen MR) is 85.2 cm³/mol. The molecule has 1 amide bonds. The summed E-state index contributed by atoms with van der Waals surface area (Å²) in [6.07, 6.45) is 2.19. The molecule has 0 atom stereocenters. The molecule has 0 aliphatic carbocycles. The van der Waals surface area contributed by atoms with Crippen molar-refractivity contribution in [1.82, 2.24) is 30.0 Å². The number of nitrogens with zero attached hydrogens (tertiary/aromatic N) is 6. The minimum absolute atomic E-state index is 0.198. The van der Waals surface area contributed by atoms with Crippen LogP contribution in [-0.4, -0.2) is 88.5 Å². The molecule has 0 N–H and O–H groups in total. The highest BCUT2D eigenvalue weighted by atomic mass is 16.5. The molecular formula is C15H26N6O3. The molecule has 1 aromatic rings. The van der Waals surface area contributed by atoms with Gasteiger partial charge in [0.1, 0.15) is 0 Å². The summed E-state index contributed by atoms with van der Waals surface area (Å²) in [5, 5.41) is 12.0. The second-order valence-electron chi connectivity index (χ2n) is 6.16. The van der Waals surface area contributed by atoms with Gasteiger partial charge in [-0.3, -0.25) is 9.69 Å². The number of rotatable bonds is 6. The van der Waals surface area contributed by atoms with Crippen molar-refractivity contribution in [2.75, 3.05) is 52.6 Å². The quantitative estimate of drug-likeness (QED) is 0.693. The molecular weight excluding hydrogens is 312 g/mol. The van der Waals surface area contributed by atoms with Gasteiger partial charge >= 0.3 is 0 Å². The number of tetrazole rings is 1. The molecule has 0 saturated carbocycles. The van der Waals surface area contributed by atoms with Crippen LogP contribution in [0.3, 0.4) is 0 Å². The molecule has 0 bridgehead atoms. The van der Waals surface area contributed by atoms with Gasteiger partial charge in [0.2, 0.25) is 5.91 Å². The molecule has 0 aromatic carbocycles. The van der Waals surface area contributed by atoms with Crippen molar-refractivity contribution in [2.24, 2.45) is 0 Å². The topological polar surface area (TPSA) is 85.6 Å². The molecule has 2 aliphatic rings. The second-order valence-corrected chi connectivity index (χ2v) is 6.16. The lowest BCUT2D eigenvalue weighted by atomic mass is 10.2. The van der Waals surface area contributed by atoms with E-state index in [9.17, 15) is 4.79 Å². The van der Waals surface area contributed by atoms with E-state index >= 15 is 0 Å². The molecule has 0 unspecified atom stereocenters. The summed E-state index contributed by atoms with van der Waals surface area (Å²) in [4.78, 5) is 16.5. The maximum Gasteiger partial charge on any atom is 0.222 e. The number of carbonyl (C=O) groups is 1. The highest BCUT2D eigenvalue weighted by molar-refractivity contribution is 5.76. The normalized spacial score (nSPS) is 20.1. The zero-order valence-electron chi connectivity index (χ0n) is 14.1. The van der Waals surface area contributed by atoms with Crippen molar-refractivity contribution in [3.8, 4) is 0 Å². The van der Waals surface area contributed by atoms with Gasteiger partial charge in [-0.2, -0.15) is 0 Å². The number of ether oxygens (including phenoxy) is 2. The third kappa shape index (κ3) is 4.96. The maximum absolute atomic E-state index is 12.3. The molecule has 2 fully saturated rings. The van der Waals surface area contributed by atoms with Gasteiger partial charge in [-0.25, -0.2) is 4.68 Å². The van der Waals surface area contributed by atoms with E-state index < -0.39 is 0 Å². The molecule has 0 spiro atoms. The molecule has 2 aliphatic heterocycles. The molecule has 2 saturated heterocycles. The Labute approximate surface area is 141 Å². The van der Waals surface area contributed by atoms with Crippen molar-refractivity contribution in [3.63, 3.8) is 0 Å². The van der Waals surface area contributed by atoms with E-state index in [1.165, 1.54) is 0 Å². The maximum atomic E-state index is 12.3. The smallest absolute Gasteiger partial charge is 0.222 e. The Hall–Kier alpha value is -1.58. The van der Waals surface area contributed by atoms with E-state index in [0.29, 0.717) is 26.1 Å². The number of aromatic nitrogens is 4. The fourth-order valence-corrected chi connectivity index (χ4v) is 3.00. The van der Waals surface area contributed by atoms with Gasteiger partial charge < -0.3 is 14.4 Å². The van der Waals surface area contributed by atoms with Crippen LogP contribution >= 0.6 is 0 Å². The first-order valence-electron chi connectivity index (χ1n) is 8.73. The van der Waals surface area contributed by atoms with Crippen LogP contribution in [-0.2, 0) is 27.4 Å². The number of aryl methyl sites for hydroxylation is 1. The number of carbonyl (C=O) groups excluding carboxylic acids is 1. The van der Waals surface area contributed by atoms with E-state index in [1.54, 1.807) is 0 Å². The number of amides is 1. The first-order chi connectivity index (χ1) is 11.8. The van der Waals surface area contributed by atoms with Gasteiger partial charge in [-0.1, -0.05) is 0 Å². The molecule has 1 aromatic heterocycles. The summed E-state index contributed by atoms with van der Waals surface area (Å²) in [6, 6.07) is 0. The Kier molecular flexibility index (Phi) is 6.50. The molecule has 0 radical (unpaired) electrons. The Morgan fingerprint density at radius 1 is 1.04 bits per heavy atom. The Morgan fingerprint density at radius 3 is 2.71 bits per heavy atom. The second kappa shape index (κ2) is 9.05.